The number of halogens is 1. The third-order valence-electron chi connectivity index (χ3n) is 4.95. The molecular weight excluding hydrogens is 337 g/mol. The van der Waals surface area contributed by atoms with Crippen molar-refractivity contribution in [2.24, 2.45) is 0 Å². The number of rotatable bonds is 3. The summed E-state index contributed by atoms with van der Waals surface area (Å²) in [5, 5.41) is 4.33. The monoisotopic (exact) mass is 357 g/mol. The Morgan fingerprint density at radius 1 is 1.19 bits per heavy atom. The van der Waals surface area contributed by atoms with Crippen molar-refractivity contribution in [1.29, 1.82) is 0 Å². The average Bonchev–Trinajstić information content (AvgIpc) is 3.09. The molecular formula is C18H20FN5O2. The molecule has 0 spiro atoms. The van der Waals surface area contributed by atoms with E-state index in [1.54, 1.807) is 35.0 Å². The number of fused-ring (bicyclic) bond motifs is 1. The van der Waals surface area contributed by atoms with E-state index >= 15 is 0 Å². The number of benzene rings is 1. The molecule has 0 bridgehead atoms. The van der Waals surface area contributed by atoms with Crippen molar-refractivity contribution >= 4 is 11.8 Å². The first kappa shape index (κ1) is 16.7. The molecule has 2 aliphatic heterocycles. The van der Waals surface area contributed by atoms with Crippen LogP contribution in [0.15, 0.2) is 36.7 Å². The quantitative estimate of drug-likeness (QED) is 0.803. The SMILES string of the molecule is CN1CC(=O)N2CCN(Cc3cnn(-c4ccc(F)cc4)c3)C[C@@H]2C1=O. The molecule has 3 heterocycles. The van der Waals surface area contributed by atoms with Crippen LogP contribution in [0.3, 0.4) is 0 Å². The van der Waals surface area contributed by atoms with Gasteiger partial charge in [-0.15, -0.1) is 0 Å². The summed E-state index contributed by atoms with van der Waals surface area (Å²) in [6, 6.07) is 5.75. The maximum Gasteiger partial charge on any atom is 0.246 e. The molecule has 0 N–H and O–H groups in total. The van der Waals surface area contributed by atoms with E-state index in [0.29, 0.717) is 19.6 Å². The van der Waals surface area contributed by atoms with E-state index in [1.165, 1.54) is 17.0 Å². The molecule has 136 valence electrons. The van der Waals surface area contributed by atoms with Gasteiger partial charge in [0.15, 0.2) is 0 Å². The number of likely N-dealkylation sites (N-methyl/N-ethyl adjacent to an activating group) is 1. The number of hydrogen-bond donors (Lipinski definition) is 0. The van der Waals surface area contributed by atoms with Crippen molar-refractivity contribution in [1.82, 2.24) is 24.5 Å². The molecule has 2 aromatic rings. The van der Waals surface area contributed by atoms with E-state index in [0.717, 1.165) is 17.8 Å². The second-order valence-electron chi connectivity index (χ2n) is 6.80. The van der Waals surface area contributed by atoms with Gasteiger partial charge >= 0.3 is 0 Å². The predicted molar refractivity (Wildman–Crippen MR) is 91.9 cm³/mol. The van der Waals surface area contributed by atoms with E-state index in [9.17, 15) is 14.0 Å². The van der Waals surface area contributed by atoms with E-state index < -0.39 is 6.04 Å². The van der Waals surface area contributed by atoms with Gasteiger partial charge in [0.1, 0.15) is 11.9 Å². The topological polar surface area (TPSA) is 61.7 Å². The van der Waals surface area contributed by atoms with Gasteiger partial charge in [-0.2, -0.15) is 5.10 Å². The smallest absolute Gasteiger partial charge is 0.246 e. The Morgan fingerprint density at radius 3 is 2.73 bits per heavy atom. The molecule has 2 saturated heterocycles. The normalized spacial score (nSPS) is 21.2. The Balaban J connectivity index is 1.44. The Kier molecular flexibility index (Phi) is 4.20. The molecule has 0 saturated carbocycles. The summed E-state index contributed by atoms with van der Waals surface area (Å²) < 4.78 is 14.7. The summed E-state index contributed by atoms with van der Waals surface area (Å²) in [5.74, 6) is -0.271. The van der Waals surface area contributed by atoms with Crippen molar-refractivity contribution in [3.8, 4) is 5.69 Å². The van der Waals surface area contributed by atoms with Gasteiger partial charge in [0.05, 0.1) is 18.4 Å². The molecule has 1 aromatic heterocycles. The molecule has 2 amide bonds. The van der Waals surface area contributed by atoms with Crippen molar-refractivity contribution in [2.45, 2.75) is 12.6 Å². The average molecular weight is 357 g/mol. The maximum absolute atomic E-state index is 13.0. The van der Waals surface area contributed by atoms with E-state index in [4.69, 9.17) is 0 Å². The summed E-state index contributed by atoms with van der Waals surface area (Å²) in [5.41, 5.74) is 1.79. The lowest BCUT2D eigenvalue weighted by molar-refractivity contribution is -0.158. The number of hydrogen-bond acceptors (Lipinski definition) is 4. The van der Waals surface area contributed by atoms with Crippen LogP contribution in [0.5, 0.6) is 0 Å². The summed E-state index contributed by atoms with van der Waals surface area (Å²) in [4.78, 5) is 29.8. The van der Waals surface area contributed by atoms with Crippen LogP contribution in [0.1, 0.15) is 5.56 Å². The van der Waals surface area contributed by atoms with Crippen LogP contribution in [0.4, 0.5) is 4.39 Å². The van der Waals surface area contributed by atoms with Gasteiger partial charge in [0.25, 0.3) is 0 Å². The van der Waals surface area contributed by atoms with Crippen LogP contribution < -0.4 is 0 Å². The van der Waals surface area contributed by atoms with Gasteiger partial charge in [0.2, 0.25) is 11.8 Å². The summed E-state index contributed by atoms with van der Waals surface area (Å²) in [6.45, 7) is 2.63. The highest BCUT2D eigenvalue weighted by atomic mass is 19.1. The van der Waals surface area contributed by atoms with Crippen LogP contribution in [-0.4, -0.2) is 75.6 Å². The maximum atomic E-state index is 13.0. The van der Waals surface area contributed by atoms with E-state index in [2.05, 4.69) is 10.00 Å². The van der Waals surface area contributed by atoms with Crippen molar-refractivity contribution in [3.05, 3.63) is 48.0 Å². The number of amides is 2. The van der Waals surface area contributed by atoms with Crippen molar-refractivity contribution in [3.63, 3.8) is 0 Å². The Bertz CT molecular complexity index is 834. The van der Waals surface area contributed by atoms with Crippen LogP contribution in [0, 0.1) is 5.82 Å². The zero-order valence-electron chi connectivity index (χ0n) is 14.5. The Morgan fingerprint density at radius 2 is 1.96 bits per heavy atom. The lowest BCUT2D eigenvalue weighted by atomic mass is 10.1. The minimum Gasteiger partial charge on any atom is -0.335 e. The van der Waals surface area contributed by atoms with Crippen LogP contribution in [0.2, 0.25) is 0 Å². The second kappa shape index (κ2) is 6.53. The lowest BCUT2D eigenvalue weighted by Gasteiger charge is -2.45. The molecule has 26 heavy (non-hydrogen) atoms. The van der Waals surface area contributed by atoms with E-state index in [-0.39, 0.29) is 24.2 Å². The molecule has 7 nitrogen and oxygen atoms in total. The minimum absolute atomic E-state index is 0.00342. The fourth-order valence-electron chi connectivity index (χ4n) is 3.55. The Hall–Kier alpha value is -2.74. The molecule has 1 atom stereocenters. The molecule has 8 heteroatoms. The standard InChI is InChI=1S/C18H20FN5O2/c1-21-12-17(25)23-7-6-22(11-16(23)18(21)26)9-13-8-20-24(10-13)15-4-2-14(19)3-5-15/h2-5,8,10,16H,6-7,9,11-12H2,1H3/t16-/m1/s1. The highest BCUT2D eigenvalue weighted by Crippen LogP contribution is 2.19. The summed E-state index contributed by atoms with van der Waals surface area (Å²) in [6.07, 6.45) is 3.68. The van der Waals surface area contributed by atoms with Gasteiger partial charge in [-0.1, -0.05) is 0 Å². The highest BCUT2D eigenvalue weighted by Gasteiger charge is 2.41. The number of piperazine rings is 2. The molecule has 0 unspecified atom stereocenters. The Labute approximate surface area is 150 Å². The van der Waals surface area contributed by atoms with Gasteiger partial charge in [0, 0.05) is 45.0 Å². The number of carbonyl (C=O) groups excluding carboxylic acids is 2. The molecule has 2 fully saturated rings. The second-order valence-corrected chi connectivity index (χ2v) is 6.80. The molecule has 4 rings (SSSR count). The molecule has 2 aliphatic rings. The first-order valence-electron chi connectivity index (χ1n) is 8.57. The fourth-order valence-corrected chi connectivity index (χ4v) is 3.55. The summed E-state index contributed by atoms with van der Waals surface area (Å²) in [7, 11) is 1.67. The van der Waals surface area contributed by atoms with Gasteiger partial charge in [-0.05, 0) is 24.3 Å². The van der Waals surface area contributed by atoms with Gasteiger partial charge in [-0.25, -0.2) is 9.07 Å². The highest BCUT2D eigenvalue weighted by molar-refractivity contribution is 5.95. The number of nitrogens with zero attached hydrogens (tertiary/aromatic N) is 5. The largest absolute Gasteiger partial charge is 0.335 e. The fraction of sp³-hybridized carbons (Fsp3) is 0.389. The first-order chi connectivity index (χ1) is 12.5. The van der Waals surface area contributed by atoms with Crippen molar-refractivity contribution < 1.29 is 14.0 Å². The summed E-state index contributed by atoms with van der Waals surface area (Å²) >= 11 is 0. The zero-order valence-corrected chi connectivity index (χ0v) is 14.5. The van der Waals surface area contributed by atoms with Gasteiger partial charge < -0.3 is 9.80 Å². The number of carbonyl (C=O) groups is 2. The number of aromatic nitrogens is 2. The molecule has 1 aromatic carbocycles. The first-order valence-corrected chi connectivity index (χ1v) is 8.57. The lowest BCUT2D eigenvalue weighted by Crippen LogP contribution is -2.65. The van der Waals surface area contributed by atoms with Crippen molar-refractivity contribution in [2.75, 3.05) is 33.2 Å². The third-order valence-corrected chi connectivity index (χ3v) is 4.95. The third kappa shape index (κ3) is 3.08. The van der Waals surface area contributed by atoms with Crippen LogP contribution >= 0.6 is 0 Å². The van der Waals surface area contributed by atoms with Crippen LogP contribution in [-0.2, 0) is 16.1 Å². The van der Waals surface area contributed by atoms with Gasteiger partial charge in [-0.3, -0.25) is 14.5 Å². The molecule has 0 radical (unpaired) electrons. The zero-order chi connectivity index (χ0) is 18.3. The predicted octanol–water partition coefficient (Wildman–Crippen LogP) is 0.496. The molecule has 0 aliphatic carbocycles. The minimum atomic E-state index is -0.401. The van der Waals surface area contributed by atoms with Crippen LogP contribution in [0.25, 0.3) is 5.69 Å². The van der Waals surface area contributed by atoms with E-state index in [1.807, 2.05) is 6.20 Å².